The molecule has 1 aromatic carbocycles. The number of anilines is 1. The van der Waals surface area contributed by atoms with E-state index in [-0.39, 0.29) is 16.8 Å². The number of nitrogen functional groups attached to an aromatic ring is 1. The van der Waals surface area contributed by atoms with Crippen LogP contribution in [0.1, 0.15) is 19.3 Å². The van der Waals surface area contributed by atoms with Gasteiger partial charge in [0.1, 0.15) is 4.90 Å². The van der Waals surface area contributed by atoms with Crippen LogP contribution < -0.4 is 5.73 Å². The van der Waals surface area contributed by atoms with Crippen molar-refractivity contribution in [2.75, 3.05) is 12.8 Å². The minimum atomic E-state index is -3.88. The van der Waals surface area contributed by atoms with E-state index in [0.717, 1.165) is 25.3 Å². The fourth-order valence-electron chi connectivity index (χ4n) is 1.87. The Hall–Kier alpha value is -0.850. The Kier molecular flexibility index (Phi) is 3.53. The van der Waals surface area contributed by atoms with Crippen LogP contribution in [0.15, 0.2) is 17.0 Å². The maximum Gasteiger partial charge on any atom is 0.246 e. The van der Waals surface area contributed by atoms with Gasteiger partial charge >= 0.3 is 0 Å². The van der Waals surface area contributed by atoms with Gasteiger partial charge in [0.25, 0.3) is 0 Å². The van der Waals surface area contributed by atoms with Crippen molar-refractivity contribution in [2.45, 2.75) is 30.2 Å². The van der Waals surface area contributed by atoms with Gasteiger partial charge in [-0.25, -0.2) is 12.8 Å². The summed E-state index contributed by atoms with van der Waals surface area (Å²) >= 11 is 5.73. The van der Waals surface area contributed by atoms with Crippen LogP contribution in [0.25, 0.3) is 0 Å². The average molecular weight is 293 g/mol. The maximum absolute atomic E-state index is 13.8. The second-order valence-corrected chi connectivity index (χ2v) is 6.82. The van der Waals surface area contributed by atoms with Gasteiger partial charge < -0.3 is 5.73 Å². The summed E-state index contributed by atoms with van der Waals surface area (Å²) in [6.45, 7) is 0. The smallest absolute Gasteiger partial charge is 0.246 e. The normalized spacial score (nSPS) is 16.9. The van der Waals surface area contributed by atoms with Crippen LogP contribution in [0.4, 0.5) is 10.1 Å². The SMILES string of the molecule is CN(C1CCC1)S(=O)(=O)c1cc(Cl)cc(N)c1F. The van der Waals surface area contributed by atoms with E-state index in [2.05, 4.69) is 0 Å². The molecule has 1 fully saturated rings. The molecule has 0 saturated heterocycles. The lowest BCUT2D eigenvalue weighted by molar-refractivity contribution is 0.249. The Balaban J connectivity index is 2.46. The molecule has 1 aliphatic carbocycles. The molecule has 0 aromatic heterocycles. The van der Waals surface area contributed by atoms with Gasteiger partial charge in [0.2, 0.25) is 10.0 Å². The van der Waals surface area contributed by atoms with E-state index in [1.165, 1.54) is 17.4 Å². The molecule has 0 bridgehead atoms. The number of benzene rings is 1. The van der Waals surface area contributed by atoms with Crippen LogP contribution in [-0.2, 0) is 10.0 Å². The highest BCUT2D eigenvalue weighted by molar-refractivity contribution is 7.89. The fraction of sp³-hybridized carbons (Fsp3) is 0.455. The fourth-order valence-corrected chi connectivity index (χ4v) is 3.70. The highest BCUT2D eigenvalue weighted by Gasteiger charge is 2.34. The monoisotopic (exact) mass is 292 g/mol. The van der Waals surface area contributed by atoms with E-state index in [9.17, 15) is 12.8 Å². The molecule has 1 aliphatic rings. The first-order valence-corrected chi connectivity index (χ1v) is 7.38. The largest absolute Gasteiger partial charge is 0.396 e. The number of hydrogen-bond acceptors (Lipinski definition) is 3. The molecule has 0 heterocycles. The number of nitrogens with two attached hydrogens (primary N) is 1. The first kappa shape index (κ1) is 13.6. The predicted molar refractivity (Wildman–Crippen MR) is 68.4 cm³/mol. The molecular formula is C11H14ClFN2O2S. The lowest BCUT2D eigenvalue weighted by atomic mass is 9.94. The van der Waals surface area contributed by atoms with Gasteiger partial charge in [0.15, 0.2) is 5.82 Å². The lowest BCUT2D eigenvalue weighted by Gasteiger charge is -2.33. The molecule has 2 N–H and O–H groups in total. The molecule has 0 spiro atoms. The third-order valence-electron chi connectivity index (χ3n) is 3.28. The first-order valence-electron chi connectivity index (χ1n) is 5.56. The van der Waals surface area contributed by atoms with Crippen LogP contribution in [0.2, 0.25) is 5.02 Å². The van der Waals surface area contributed by atoms with E-state index in [1.807, 2.05) is 0 Å². The summed E-state index contributed by atoms with van der Waals surface area (Å²) in [7, 11) is -2.43. The Morgan fingerprint density at radius 2 is 2.06 bits per heavy atom. The van der Waals surface area contributed by atoms with Crippen molar-refractivity contribution in [2.24, 2.45) is 0 Å². The molecule has 1 aromatic rings. The highest BCUT2D eigenvalue weighted by Crippen LogP contribution is 2.32. The van der Waals surface area contributed by atoms with Gasteiger partial charge in [-0.05, 0) is 25.0 Å². The zero-order valence-corrected chi connectivity index (χ0v) is 11.4. The highest BCUT2D eigenvalue weighted by atomic mass is 35.5. The number of nitrogens with zero attached hydrogens (tertiary/aromatic N) is 1. The van der Waals surface area contributed by atoms with Gasteiger partial charge in [-0.1, -0.05) is 18.0 Å². The summed E-state index contributed by atoms with van der Waals surface area (Å²) in [6, 6.07) is 2.23. The molecular weight excluding hydrogens is 279 g/mol. The van der Waals surface area contributed by atoms with Gasteiger partial charge in [0, 0.05) is 18.1 Å². The van der Waals surface area contributed by atoms with Gasteiger partial charge in [-0.2, -0.15) is 4.31 Å². The number of halogens is 2. The molecule has 0 unspecified atom stereocenters. The van der Waals surface area contributed by atoms with Crippen molar-refractivity contribution < 1.29 is 12.8 Å². The Bertz CT molecular complexity index is 573. The molecule has 1 saturated carbocycles. The van der Waals surface area contributed by atoms with Crippen LogP contribution in [0.3, 0.4) is 0 Å². The summed E-state index contributed by atoms with van der Waals surface area (Å²) in [5.41, 5.74) is 5.14. The van der Waals surface area contributed by atoms with Crippen LogP contribution in [0.5, 0.6) is 0 Å². The van der Waals surface area contributed by atoms with Crippen molar-refractivity contribution >= 4 is 27.3 Å². The molecule has 0 aliphatic heterocycles. The van der Waals surface area contributed by atoms with Crippen molar-refractivity contribution in [3.63, 3.8) is 0 Å². The standard InChI is InChI=1S/C11H14ClFN2O2S/c1-15(8-3-2-4-8)18(16,17)10-6-7(12)5-9(14)11(10)13/h5-6,8H,2-4,14H2,1H3. The number of rotatable bonds is 3. The molecule has 0 atom stereocenters. The van der Waals surface area contributed by atoms with Crippen LogP contribution in [0, 0.1) is 5.82 Å². The number of hydrogen-bond donors (Lipinski definition) is 1. The zero-order chi connectivity index (χ0) is 13.5. The van der Waals surface area contributed by atoms with Crippen molar-refractivity contribution in [3.8, 4) is 0 Å². The molecule has 18 heavy (non-hydrogen) atoms. The second kappa shape index (κ2) is 4.68. The Morgan fingerprint density at radius 3 is 2.56 bits per heavy atom. The Labute approximate surface area is 111 Å². The van der Waals surface area contributed by atoms with Crippen LogP contribution >= 0.6 is 11.6 Å². The molecule has 7 heteroatoms. The minimum absolute atomic E-state index is 0.0605. The third-order valence-corrected chi connectivity index (χ3v) is 5.41. The lowest BCUT2D eigenvalue weighted by Crippen LogP contribution is -2.41. The quantitative estimate of drug-likeness (QED) is 0.869. The first-order chi connectivity index (χ1) is 8.34. The van der Waals surface area contributed by atoms with Crippen molar-refractivity contribution in [1.29, 1.82) is 0 Å². The second-order valence-electron chi connectivity index (χ2n) is 4.41. The van der Waals surface area contributed by atoms with Gasteiger partial charge in [0.05, 0.1) is 5.69 Å². The third kappa shape index (κ3) is 2.20. The summed E-state index contributed by atoms with van der Waals surface area (Å²) in [4.78, 5) is -0.457. The molecule has 2 rings (SSSR count). The topological polar surface area (TPSA) is 63.4 Å². The van der Waals surface area contributed by atoms with Gasteiger partial charge in [-0.3, -0.25) is 0 Å². The van der Waals surface area contributed by atoms with E-state index >= 15 is 0 Å². The molecule has 100 valence electrons. The minimum Gasteiger partial charge on any atom is -0.396 e. The predicted octanol–water partition coefficient (Wildman–Crippen LogP) is 2.23. The van der Waals surface area contributed by atoms with E-state index in [0.29, 0.717) is 0 Å². The van der Waals surface area contributed by atoms with E-state index in [1.54, 1.807) is 0 Å². The summed E-state index contributed by atoms with van der Waals surface area (Å²) < 4.78 is 39.6. The average Bonchev–Trinajstić information content (AvgIpc) is 2.20. The molecule has 0 radical (unpaired) electrons. The summed E-state index contributed by atoms with van der Waals surface area (Å²) in [5, 5.41) is 0.106. The Morgan fingerprint density at radius 1 is 1.44 bits per heavy atom. The van der Waals surface area contributed by atoms with Crippen molar-refractivity contribution in [3.05, 3.63) is 23.0 Å². The van der Waals surface area contributed by atoms with E-state index in [4.69, 9.17) is 17.3 Å². The summed E-state index contributed by atoms with van der Waals surface area (Å²) in [5.74, 6) is -0.939. The summed E-state index contributed by atoms with van der Waals surface area (Å²) in [6.07, 6.45) is 2.59. The maximum atomic E-state index is 13.8. The van der Waals surface area contributed by atoms with Crippen LogP contribution in [-0.4, -0.2) is 25.8 Å². The number of sulfonamides is 1. The van der Waals surface area contributed by atoms with E-state index < -0.39 is 20.7 Å². The molecule has 0 amide bonds. The van der Waals surface area contributed by atoms with Crippen molar-refractivity contribution in [1.82, 2.24) is 4.31 Å². The molecule has 4 nitrogen and oxygen atoms in total. The zero-order valence-electron chi connectivity index (χ0n) is 9.86. The van der Waals surface area contributed by atoms with Gasteiger partial charge in [-0.15, -0.1) is 0 Å².